The lowest BCUT2D eigenvalue weighted by Gasteiger charge is -2.12. The predicted octanol–water partition coefficient (Wildman–Crippen LogP) is 3.18. The Labute approximate surface area is 139 Å². The van der Waals surface area contributed by atoms with Crippen LogP contribution in [0.3, 0.4) is 0 Å². The van der Waals surface area contributed by atoms with Gasteiger partial charge in [-0.2, -0.15) is 0 Å². The van der Waals surface area contributed by atoms with E-state index < -0.39 is 6.09 Å². The van der Waals surface area contributed by atoms with Crippen LogP contribution in [0.25, 0.3) is 0 Å². The number of methoxy groups -OCH3 is 2. The van der Waals surface area contributed by atoms with Crippen molar-refractivity contribution in [2.45, 2.75) is 6.61 Å². The smallest absolute Gasteiger partial charge is 0.412 e. The zero-order valence-corrected chi connectivity index (χ0v) is 13.3. The molecule has 0 aromatic heterocycles. The van der Waals surface area contributed by atoms with Crippen LogP contribution in [0.2, 0.25) is 0 Å². The minimum absolute atomic E-state index is 0.106. The van der Waals surface area contributed by atoms with Crippen molar-refractivity contribution >= 4 is 11.8 Å². The number of hydrogen-bond donors (Lipinski definition) is 1. The molecule has 7 nitrogen and oxygen atoms in total. The maximum absolute atomic E-state index is 12.0. The lowest BCUT2D eigenvalue weighted by molar-refractivity contribution is 0.154. The quantitative estimate of drug-likeness (QED) is 0.907. The van der Waals surface area contributed by atoms with Crippen molar-refractivity contribution in [3.05, 3.63) is 42.0 Å². The van der Waals surface area contributed by atoms with Crippen LogP contribution in [0.5, 0.6) is 23.0 Å². The summed E-state index contributed by atoms with van der Waals surface area (Å²) >= 11 is 0. The van der Waals surface area contributed by atoms with Gasteiger partial charge in [0.15, 0.2) is 11.5 Å². The zero-order valence-electron chi connectivity index (χ0n) is 13.3. The Morgan fingerprint density at radius 3 is 2.71 bits per heavy atom. The van der Waals surface area contributed by atoms with Crippen molar-refractivity contribution in [1.82, 2.24) is 0 Å². The fourth-order valence-electron chi connectivity index (χ4n) is 2.24. The average molecular weight is 331 g/mol. The molecule has 2 aromatic carbocycles. The van der Waals surface area contributed by atoms with Crippen molar-refractivity contribution in [2.24, 2.45) is 0 Å². The molecule has 1 aliphatic heterocycles. The number of hydrogen-bond acceptors (Lipinski definition) is 6. The molecule has 126 valence electrons. The Morgan fingerprint density at radius 2 is 1.92 bits per heavy atom. The van der Waals surface area contributed by atoms with E-state index in [1.54, 1.807) is 37.4 Å². The molecule has 0 unspecified atom stereocenters. The average Bonchev–Trinajstić information content (AvgIpc) is 3.07. The largest absolute Gasteiger partial charge is 0.497 e. The first kappa shape index (κ1) is 15.8. The third-order valence-corrected chi connectivity index (χ3v) is 3.45. The van der Waals surface area contributed by atoms with E-state index in [9.17, 15) is 4.79 Å². The van der Waals surface area contributed by atoms with Crippen molar-refractivity contribution in [2.75, 3.05) is 26.3 Å². The molecule has 0 fully saturated rings. The molecule has 0 radical (unpaired) electrons. The summed E-state index contributed by atoms with van der Waals surface area (Å²) in [7, 11) is 3.06. The first-order valence-corrected chi connectivity index (χ1v) is 7.24. The second kappa shape index (κ2) is 6.99. The molecule has 1 aliphatic rings. The molecule has 0 spiro atoms. The number of amides is 1. The molecule has 7 heteroatoms. The fourth-order valence-corrected chi connectivity index (χ4v) is 2.24. The fraction of sp³-hybridized carbons (Fsp3) is 0.235. The number of fused-ring (bicyclic) bond motifs is 1. The monoisotopic (exact) mass is 331 g/mol. The normalized spacial score (nSPS) is 11.8. The Hall–Kier alpha value is -3.09. The molecular weight excluding hydrogens is 314 g/mol. The molecule has 3 rings (SSSR count). The first-order valence-electron chi connectivity index (χ1n) is 7.24. The summed E-state index contributed by atoms with van der Waals surface area (Å²) in [4.78, 5) is 12.0. The van der Waals surface area contributed by atoms with Crippen LogP contribution in [0.1, 0.15) is 5.56 Å². The highest BCUT2D eigenvalue weighted by atomic mass is 16.7. The van der Waals surface area contributed by atoms with E-state index in [0.29, 0.717) is 28.7 Å². The third kappa shape index (κ3) is 3.45. The van der Waals surface area contributed by atoms with Crippen molar-refractivity contribution in [3.63, 3.8) is 0 Å². The van der Waals surface area contributed by atoms with E-state index in [-0.39, 0.29) is 13.4 Å². The zero-order chi connectivity index (χ0) is 16.9. The number of ether oxygens (including phenoxy) is 5. The predicted molar refractivity (Wildman–Crippen MR) is 85.9 cm³/mol. The highest BCUT2D eigenvalue weighted by Crippen LogP contribution is 2.33. The van der Waals surface area contributed by atoms with Gasteiger partial charge in [0, 0.05) is 6.07 Å². The second-order valence-corrected chi connectivity index (χ2v) is 4.95. The van der Waals surface area contributed by atoms with Gasteiger partial charge in [-0.05, 0) is 29.8 Å². The molecule has 1 N–H and O–H groups in total. The second-order valence-electron chi connectivity index (χ2n) is 4.95. The van der Waals surface area contributed by atoms with Crippen LogP contribution in [0, 0.1) is 0 Å². The van der Waals surface area contributed by atoms with Crippen molar-refractivity contribution in [3.8, 4) is 23.0 Å². The minimum atomic E-state index is -0.598. The molecule has 0 saturated carbocycles. The molecule has 24 heavy (non-hydrogen) atoms. The van der Waals surface area contributed by atoms with Gasteiger partial charge in [-0.25, -0.2) is 4.79 Å². The standard InChI is InChI=1S/C17H17NO6/c1-20-12-4-6-14(21-2)13(8-12)18-17(19)22-9-11-3-5-15-16(7-11)24-10-23-15/h3-8H,9-10H2,1-2H3,(H,18,19). The van der Waals surface area contributed by atoms with Crippen LogP contribution < -0.4 is 24.3 Å². The summed E-state index contributed by atoms with van der Waals surface area (Å²) < 4.78 is 26.1. The van der Waals surface area contributed by atoms with Gasteiger partial charge < -0.3 is 23.7 Å². The van der Waals surface area contributed by atoms with Crippen molar-refractivity contribution < 1.29 is 28.5 Å². The number of nitrogens with one attached hydrogen (secondary N) is 1. The molecule has 0 aliphatic carbocycles. The van der Waals surface area contributed by atoms with E-state index in [2.05, 4.69) is 5.32 Å². The van der Waals surface area contributed by atoms with Crippen LogP contribution in [0.15, 0.2) is 36.4 Å². The molecule has 0 atom stereocenters. The highest BCUT2D eigenvalue weighted by molar-refractivity contribution is 5.87. The summed E-state index contributed by atoms with van der Waals surface area (Å²) in [6.07, 6.45) is -0.598. The van der Waals surface area contributed by atoms with E-state index in [4.69, 9.17) is 23.7 Å². The SMILES string of the molecule is COc1ccc(OC)c(NC(=O)OCc2ccc3c(c2)OCO3)c1. The summed E-state index contributed by atoms with van der Waals surface area (Å²) in [5.74, 6) is 2.44. The van der Waals surface area contributed by atoms with E-state index in [1.165, 1.54) is 7.11 Å². The Kier molecular flexibility index (Phi) is 4.60. The Balaban J connectivity index is 1.61. The molecular formula is C17H17NO6. The number of carbonyl (C=O) groups excluding carboxylic acids is 1. The number of carbonyl (C=O) groups is 1. The summed E-state index contributed by atoms with van der Waals surface area (Å²) in [6, 6.07) is 10.5. The minimum Gasteiger partial charge on any atom is -0.497 e. The van der Waals surface area contributed by atoms with E-state index in [0.717, 1.165) is 5.56 Å². The van der Waals surface area contributed by atoms with Gasteiger partial charge in [-0.1, -0.05) is 6.07 Å². The molecule has 1 heterocycles. The Bertz CT molecular complexity index is 746. The number of rotatable bonds is 5. The maximum atomic E-state index is 12.0. The topological polar surface area (TPSA) is 75.3 Å². The summed E-state index contributed by atoms with van der Waals surface area (Å²) in [5, 5.41) is 2.64. The Morgan fingerprint density at radius 1 is 1.08 bits per heavy atom. The third-order valence-electron chi connectivity index (χ3n) is 3.45. The first-order chi connectivity index (χ1) is 11.7. The van der Waals surface area contributed by atoms with Crippen LogP contribution >= 0.6 is 0 Å². The van der Waals surface area contributed by atoms with Gasteiger partial charge in [-0.3, -0.25) is 5.32 Å². The summed E-state index contributed by atoms with van der Waals surface area (Å²) in [6.45, 7) is 0.310. The molecule has 0 saturated heterocycles. The lowest BCUT2D eigenvalue weighted by Crippen LogP contribution is -2.14. The van der Waals surface area contributed by atoms with Gasteiger partial charge in [0.2, 0.25) is 6.79 Å². The van der Waals surface area contributed by atoms with Gasteiger partial charge in [0.05, 0.1) is 19.9 Å². The molecule has 1 amide bonds. The summed E-state index contributed by atoms with van der Waals surface area (Å²) in [5.41, 5.74) is 1.26. The number of anilines is 1. The van der Waals surface area contributed by atoms with Gasteiger partial charge in [0.1, 0.15) is 18.1 Å². The van der Waals surface area contributed by atoms with Gasteiger partial charge >= 0.3 is 6.09 Å². The maximum Gasteiger partial charge on any atom is 0.412 e. The molecule has 0 bridgehead atoms. The van der Waals surface area contributed by atoms with Crippen LogP contribution in [-0.2, 0) is 11.3 Å². The molecule has 2 aromatic rings. The van der Waals surface area contributed by atoms with Crippen LogP contribution in [-0.4, -0.2) is 27.1 Å². The van der Waals surface area contributed by atoms with Crippen LogP contribution in [0.4, 0.5) is 10.5 Å². The number of benzene rings is 2. The van der Waals surface area contributed by atoms with Gasteiger partial charge in [0.25, 0.3) is 0 Å². The lowest BCUT2D eigenvalue weighted by atomic mass is 10.2. The van der Waals surface area contributed by atoms with Gasteiger partial charge in [-0.15, -0.1) is 0 Å². The highest BCUT2D eigenvalue weighted by Gasteiger charge is 2.14. The van der Waals surface area contributed by atoms with E-state index in [1.807, 2.05) is 6.07 Å². The van der Waals surface area contributed by atoms with Crippen molar-refractivity contribution in [1.29, 1.82) is 0 Å². The van der Waals surface area contributed by atoms with E-state index >= 15 is 0 Å².